The molecule has 1 unspecified atom stereocenters. The Balaban J connectivity index is 2.21. The van der Waals surface area contributed by atoms with Gasteiger partial charge in [-0.2, -0.15) is 0 Å². The molecule has 110 valence electrons. The highest BCUT2D eigenvalue weighted by molar-refractivity contribution is 6.33. The van der Waals surface area contributed by atoms with Crippen molar-refractivity contribution in [1.29, 1.82) is 0 Å². The third-order valence-corrected chi connectivity index (χ3v) is 3.83. The van der Waals surface area contributed by atoms with Gasteiger partial charge >= 0.3 is 5.97 Å². The van der Waals surface area contributed by atoms with E-state index in [2.05, 4.69) is 4.74 Å². The summed E-state index contributed by atoms with van der Waals surface area (Å²) in [4.78, 5) is 13.0. The number of esters is 1. The van der Waals surface area contributed by atoms with Gasteiger partial charge < -0.3 is 4.74 Å². The Morgan fingerprint density at radius 3 is 2.85 bits per heavy atom. The van der Waals surface area contributed by atoms with Crippen LogP contribution in [-0.2, 0) is 16.1 Å². The van der Waals surface area contributed by atoms with E-state index in [1.807, 2.05) is 0 Å². The van der Waals surface area contributed by atoms with E-state index in [1.165, 1.54) is 12.0 Å². The van der Waals surface area contributed by atoms with Crippen LogP contribution in [0, 0.1) is 0 Å². The van der Waals surface area contributed by atoms with Crippen LogP contribution in [0.1, 0.15) is 12.0 Å². The molecule has 1 saturated heterocycles. The highest BCUT2D eigenvalue weighted by Crippen LogP contribution is 2.34. The summed E-state index contributed by atoms with van der Waals surface area (Å²) in [7, 11) is 1.18. The molecule has 0 bridgehead atoms. The molecule has 0 N–H and O–H groups in total. The fourth-order valence-electron chi connectivity index (χ4n) is 2.30. The van der Waals surface area contributed by atoms with Crippen LogP contribution in [0.5, 0.6) is 0 Å². The third kappa shape index (κ3) is 3.40. The van der Waals surface area contributed by atoms with Crippen molar-refractivity contribution in [1.82, 2.24) is 4.90 Å². The predicted molar refractivity (Wildman–Crippen MR) is 72.2 cm³/mol. The molecular formula is C13H13Cl2F2NO2. The van der Waals surface area contributed by atoms with E-state index in [1.54, 1.807) is 18.2 Å². The topological polar surface area (TPSA) is 29.5 Å². The molecule has 0 amide bonds. The molecule has 7 heteroatoms. The number of hydrogen-bond acceptors (Lipinski definition) is 3. The van der Waals surface area contributed by atoms with E-state index in [0.29, 0.717) is 15.6 Å². The summed E-state index contributed by atoms with van der Waals surface area (Å²) in [6.45, 7) is -0.385. The van der Waals surface area contributed by atoms with Gasteiger partial charge in [0.25, 0.3) is 5.92 Å². The maximum Gasteiger partial charge on any atom is 0.323 e. The number of benzene rings is 1. The number of likely N-dealkylation sites (tertiary alicyclic amines) is 1. The summed E-state index contributed by atoms with van der Waals surface area (Å²) < 4.78 is 31.6. The van der Waals surface area contributed by atoms with Gasteiger partial charge in [-0.1, -0.05) is 23.2 Å². The first kappa shape index (κ1) is 15.5. The number of halogens is 4. The lowest BCUT2D eigenvalue weighted by atomic mass is 10.1. The van der Waals surface area contributed by atoms with Gasteiger partial charge in [0, 0.05) is 23.0 Å². The van der Waals surface area contributed by atoms with Gasteiger partial charge in [0.1, 0.15) is 6.04 Å². The van der Waals surface area contributed by atoms with Crippen molar-refractivity contribution in [3.63, 3.8) is 0 Å². The van der Waals surface area contributed by atoms with E-state index in [-0.39, 0.29) is 6.54 Å². The van der Waals surface area contributed by atoms with Crippen molar-refractivity contribution < 1.29 is 18.3 Å². The van der Waals surface area contributed by atoms with Crippen LogP contribution in [-0.4, -0.2) is 36.5 Å². The van der Waals surface area contributed by atoms with Crippen LogP contribution in [0.3, 0.4) is 0 Å². The Hall–Kier alpha value is -0.910. The average molecular weight is 324 g/mol. The second kappa shape index (κ2) is 5.84. The van der Waals surface area contributed by atoms with Gasteiger partial charge in [-0.25, -0.2) is 8.78 Å². The largest absolute Gasteiger partial charge is 0.468 e. The zero-order valence-corrected chi connectivity index (χ0v) is 12.2. The van der Waals surface area contributed by atoms with Crippen LogP contribution in [0.15, 0.2) is 18.2 Å². The van der Waals surface area contributed by atoms with Crippen molar-refractivity contribution in [2.45, 2.75) is 24.9 Å². The Kier molecular flexibility index (Phi) is 4.52. The molecule has 1 aromatic rings. The normalized spacial score (nSPS) is 21.9. The molecule has 1 aliphatic heterocycles. The van der Waals surface area contributed by atoms with Gasteiger partial charge in [-0.15, -0.1) is 0 Å². The van der Waals surface area contributed by atoms with Gasteiger partial charge in [0.05, 0.1) is 13.7 Å². The van der Waals surface area contributed by atoms with Crippen LogP contribution in [0.2, 0.25) is 10.0 Å². The highest BCUT2D eigenvalue weighted by atomic mass is 35.5. The second-order valence-electron chi connectivity index (χ2n) is 4.74. The minimum Gasteiger partial charge on any atom is -0.468 e. The molecule has 0 aliphatic carbocycles. The van der Waals surface area contributed by atoms with Crippen LogP contribution >= 0.6 is 23.2 Å². The summed E-state index contributed by atoms with van der Waals surface area (Å²) in [5.41, 5.74) is 0.603. The fraction of sp³-hybridized carbons (Fsp3) is 0.462. The number of rotatable bonds is 3. The van der Waals surface area contributed by atoms with Crippen molar-refractivity contribution in [2.75, 3.05) is 13.7 Å². The lowest BCUT2D eigenvalue weighted by Crippen LogP contribution is -2.36. The summed E-state index contributed by atoms with van der Waals surface area (Å²) in [6, 6.07) is 3.85. The molecule has 20 heavy (non-hydrogen) atoms. The van der Waals surface area contributed by atoms with Gasteiger partial charge in [-0.05, 0) is 23.8 Å². The zero-order valence-electron chi connectivity index (χ0n) is 10.7. The monoisotopic (exact) mass is 323 g/mol. The molecule has 1 aliphatic rings. The predicted octanol–water partition coefficient (Wildman–Crippen LogP) is 3.38. The third-order valence-electron chi connectivity index (χ3n) is 3.22. The fourth-order valence-corrected chi connectivity index (χ4v) is 2.67. The maximum atomic E-state index is 13.5. The SMILES string of the molecule is COC(=O)C1CC(F)(F)CN1Cc1cc(Cl)ccc1Cl. The van der Waals surface area contributed by atoms with E-state index >= 15 is 0 Å². The highest BCUT2D eigenvalue weighted by Gasteiger charge is 2.48. The molecule has 1 heterocycles. The number of hydrogen-bond donors (Lipinski definition) is 0. The first-order chi connectivity index (χ1) is 9.32. The van der Waals surface area contributed by atoms with Crippen LogP contribution in [0.25, 0.3) is 0 Å². The van der Waals surface area contributed by atoms with Crippen molar-refractivity contribution >= 4 is 29.2 Å². The number of nitrogens with zero attached hydrogens (tertiary/aromatic N) is 1. The molecule has 0 aromatic heterocycles. The van der Waals surface area contributed by atoms with Gasteiger partial charge in [0.15, 0.2) is 0 Å². The quantitative estimate of drug-likeness (QED) is 0.799. The van der Waals surface area contributed by atoms with Gasteiger partial charge in [0.2, 0.25) is 0 Å². The Morgan fingerprint density at radius 2 is 2.20 bits per heavy atom. The Labute approximate surface area is 125 Å². The smallest absolute Gasteiger partial charge is 0.323 e. The number of carbonyl (C=O) groups excluding carboxylic acids is 1. The number of alkyl halides is 2. The molecule has 1 aromatic carbocycles. The molecule has 0 radical (unpaired) electrons. The Bertz CT molecular complexity index is 525. The molecular weight excluding hydrogens is 311 g/mol. The number of carbonyl (C=O) groups is 1. The average Bonchev–Trinajstić information content (AvgIpc) is 2.68. The molecule has 1 fully saturated rings. The molecule has 1 atom stereocenters. The Morgan fingerprint density at radius 1 is 1.50 bits per heavy atom. The maximum absolute atomic E-state index is 13.5. The summed E-state index contributed by atoms with van der Waals surface area (Å²) in [6.07, 6.45) is -0.544. The van der Waals surface area contributed by atoms with Crippen molar-refractivity contribution in [3.8, 4) is 0 Å². The first-order valence-corrected chi connectivity index (χ1v) is 6.71. The first-order valence-electron chi connectivity index (χ1n) is 5.96. The minimum atomic E-state index is -2.91. The lowest BCUT2D eigenvalue weighted by molar-refractivity contribution is -0.146. The van der Waals surface area contributed by atoms with E-state index in [0.717, 1.165) is 0 Å². The van der Waals surface area contributed by atoms with Crippen molar-refractivity contribution in [2.24, 2.45) is 0 Å². The molecule has 0 spiro atoms. The molecule has 2 rings (SSSR count). The lowest BCUT2D eigenvalue weighted by Gasteiger charge is -2.22. The van der Waals surface area contributed by atoms with E-state index in [4.69, 9.17) is 23.2 Å². The zero-order chi connectivity index (χ0) is 14.9. The summed E-state index contributed by atoms with van der Waals surface area (Å²) in [5, 5.41) is 0.887. The second-order valence-corrected chi connectivity index (χ2v) is 5.58. The summed E-state index contributed by atoms with van der Waals surface area (Å²) >= 11 is 11.9. The minimum absolute atomic E-state index is 0.120. The van der Waals surface area contributed by atoms with E-state index < -0.39 is 30.9 Å². The van der Waals surface area contributed by atoms with E-state index in [9.17, 15) is 13.6 Å². The van der Waals surface area contributed by atoms with Crippen LogP contribution < -0.4 is 0 Å². The standard InChI is InChI=1S/C13H13Cl2F2NO2/c1-20-12(19)11-5-13(16,17)7-18(11)6-8-4-9(14)2-3-10(8)15/h2-4,11H,5-7H2,1H3. The van der Waals surface area contributed by atoms with Crippen molar-refractivity contribution in [3.05, 3.63) is 33.8 Å². The number of methoxy groups -OCH3 is 1. The van der Waals surface area contributed by atoms with Crippen LogP contribution in [0.4, 0.5) is 8.78 Å². The van der Waals surface area contributed by atoms with Gasteiger partial charge in [-0.3, -0.25) is 9.69 Å². The molecule has 3 nitrogen and oxygen atoms in total. The number of ether oxygens (including phenoxy) is 1. The molecule has 0 saturated carbocycles. The summed E-state index contributed by atoms with van der Waals surface area (Å²) in [5.74, 6) is -3.58.